The van der Waals surface area contributed by atoms with Crippen molar-refractivity contribution in [1.29, 1.82) is 0 Å². The Labute approximate surface area is 146 Å². The Hall–Kier alpha value is -2.45. The molecule has 1 N–H and O–H groups in total. The van der Waals surface area contributed by atoms with Crippen LogP contribution in [0.2, 0.25) is 0 Å². The van der Waals surface area contributed by atoms with Crippen molar-refractivity contribution >= 4 is 21.1 Å². The van der Waals surface area contributed by atoms with Gasteiger partial charge in [0.25, 0.3) is 0 Å². The van der Waals surface area contributed by atoms with Crippen LogP contribution in [0.1, 0.15) is 32.4 Å². The smallest absolute Gasteiger partial charge is 0.243 e. The van der Waals surface area contributed by atoms with Gasteiger partial charge in [-0.1, -0.05) is 18.2 Å². The Morgan fingerprint density at radius 2 is 1.84 bits per heavy atom. The number of nitrogens with zero attached hydrogens (tertiary/aromatic N) is 2. The minimum atomic E-state index is -3.79. The van der Waals surface area contributed by atoms with E-state index in [9.17, 15) is 8.42 Å². The Morgan fingerprint density at radius 3 is 2.60 bits per heavy atom. The van der Waals surface area contributed by atoms with Crippen molar-refractivity contribution in [2.24, 2.45) is 0 Å². The molecule has 0 unspecified atom stereocenters. The van der Waals surface area contributed by atoms with Crippen molar-refractivity contribution in [3.8, 4) is 5.75 Å². The van der Waals surface area contributed by atoms with Crippen molar-refractivity contribution in [3.05, 3.63) is 48.0 Å². The molecule has 3 rings (SSSR count). The summed E-state index contributed by atoms with van der Waals surface area (Å²) < 4.78 is 38.4. The van der Waals surface area contributed by atoms with E-state index in [1.807, 2.05) is 38.1 Å². The predicted molar refractivity (Wildman–Crippen MR) is 92.7 cm³/mol. The number of ether oxygens (including phenoxy) is 1. The maximum atomic E-state index is 12.7. The summed E-state index contributed by atoms with van der Waals surface area (Å²) in [7, 11) is -3.79. The topological polar surface area (TPSA) is 94.3 Å². The highest BCUT2D eigenvalue weighted by Gasteiger charge is 2.23. The summed E-state index contributed by atoms with van der Waals surface area (Å²) in [5, 5.41) is 7.36. The van der Waals surface area contributed by atoms with Crippen molar-refractivity contribution in [3.63, 3.8) is 0 Å². The zero-order valence-electron chi connectivity index (χ0n) is 14.1. The van der Waals surface area contributed by atoms with Crippen LogP contribution in [0.5, 0.6) is 5.75 Å². The Kier molecular flexibility index (Phi) is 4.73. The van der Waals surface area contributed by atoms with E-state index in [1.54, 1.807) is 19.1 Å². The fraction of sp³-hybridized carbons (Fsp3) is 0.294. The van der Waals surface area contributed by atoms with Gasteiger partial charge in [0.05, 0.1) is 6.10 Å². The monoisotopic (exact) mass is 361 g/mol. The van der Waals surface area contributed by atoms with E-state index >= 15 is 0 Å². The molecule has 8 heteroatoms. The van der Waals surface area contributed by atoms with Crippen LogP contribution in [0.15, 0.2) is 52.0 Å². The quantitative estimate of drug-likeness (QED) is 0.725. The van der Waals surface area contributed by atoms with Crippen molar-refractivity contribution in [1.82, 2.24) is 15.0 Å². The first kappa shape index (κ1) is 17.4. The summed E-state index contributed by atoms with van der Waals surface area (Å²) in [4.78, 5) is 0.0349. The number of aromatic nitrogens is 2. The number of benzene rings is 2. The number of rotatable bonds is 6. The lowest BCUT2D eigenvalue weighted by molar-refractivity contribution is 0.242. The summed E-state index contributed by atoms with van der Waals surface area (Å²) in [6.45, 7) is 5.64. The van der Waals surface area contributed by atoms with Gasteiger partial charge in [-0.25, -0.2) is 17.8 Å². The first-order chi connectivity index (χ1) is 11.9. The molecule has 25 heavy (non-hydrogen) atoms. The van der Waals surface area contributed by atoms with Crippen LogP contribution in [-0.4, -0.2) is 24.8 Å². The average molecular weight is 361 g/mol. The van der Waals surface area contributed by atoms with E-state index in [0.29, 0.717) is 11.3 Å². The van der Waals surface area contributed by atoms with Gasteiger partial charge < -0.3 is 4.74 Å². The molecule has 132 valence electrons. The third-order valence-electron chi connectivity index (χ3n) is 3.60. The molecule has 0 bridgehead atoms. The van der Waals surface area contributed by atoms with Gasteiger partial charge in [-0.05, 0) is 60.9 Å². The van der Waals surface area contributed by atoms with Crippen LogP contribution in [-0.2, 0) is 10.0 Å². The molecule has 1 atom stereocenters. The zero-order valence-corrected chi connectivity index (χ0v) is 14.9. The summed E-state index contributed by atoms with van der Waals surface area (Å²) in [5.41, 5.74) is 1.40. The van der Waals surface area contributed by atoms with E-state index in [4.69, 9.17) is 4.74 Å². The van der Waals surface area contributed by atoms with Gasteiger partial charge in [0.1, 0.15) is 16.2 Å². The molecule has 2 aromatic carbocycles. The molecule has 7 nitrogen and oxygen atoms in total. The molecule has 1 heterocycles. The fourth-order valence-corrected chi connectivity index (χ4v) is 3.87. The largest absolute Gasteiger partial charge is 0.491 e. The van der Waals surface area contributed by atoms with Gasteiger partial charge in [-0.15, -0.1) is 0 Å². The van der Waals surface area contributed by atoms with Crippen LogP contribution in [0.25, 0.3) is 11.0 Å². The fourth-order valence-electron chi connectivity index (χ4n) is 2.49. The molecule has 0 saturated heterocycles. The number of fused-ring (bicyclic) bond motifs is 1. The third-order valence-corrected chi connectivity index (χ3v) is 5.17. The predicted octanol–water partition coefficient (Wildman–Crippen LogP) is 3.05. The van der Waals surface area contributed by atoms with Crippen LogP contribution < -0.4 is 9.46 Å². The minimum Gasteiger partial charge on any atom is -0.491 e. The third kappa shape index (κ3) is 3.80. The highest BCUT2D eigenvalue weighted by atomic mass is 32.2. The van der Waals surface area contributed by atoms with Gasteiger partial charge in [-0.3, -0.25) is 0 Å². The maximum Gasteiger partial charge on any atom is 0.243 e. The first-order valence-electron chi connectivity index (χ1n) is 7.87. The van der Waals surface area contributed by atoms with E-state index < -0.39 is 16.1 Å². The maximum absolute atomic E-state index is 12.7. The first-order valence-corrected chi connectivity index (χ1v) is 9.35. The molecule has 0 amide bonds. The molecule has 0 aliphatic carbocycles. The van der Waals surface area contributed by atoms with Gasteiger partial charge in [0, 0.05) is 6.04 Å². The molecule has 0 fully saturated rings. The molecule has 0 spiro atoms. The lowest BCUT2D eigenvalue weighted by atomic mass is 10.1. The standard InChI is InChI=1S/C17H19N3O4S/c1-11(2)23-14-7-4-6-13(10-14)12(3)20-25(21,22)16-9-5-8-15-17(16)19-24-18-15/h4-12,20H,1-3H3/t12-/m0/s1. The normalized spacial score (nSPS) is 13.3. The summed E-state index contributed by atoms with van der Waals surface area (Å²) in [5.74, 6) is 0.696. The van der Waals surface area contributed by atoms with Crippen molar-refractivity contribution < 1.29 is 17.8 Å². The van der Waals surface area contributed by atoms with Crippen molar-refractivity contribution in [2.75, 3.05) is 0 Å². The van der Waals surface area contributed by atoms with E-state index in [0.717, 1.165) is 5.56 Å². The number of hydrogen-bond acceptors (Lipinski definition) is 6. The second kappa shape index (κ2) is 6.81. The van der Waals surface area contributed by atoms with Gasteiger partial charge in [0.2, 0.25) is 10.0 Å². The molecule has 3 aromatic rings. The van der Waals surface area contributed by atoms with Crippen LogP contribution in [0.3, 0.4) is 0 Å². The van der Waals surface area contributed by atoms with Crippen LogP contribution in [0, 0.1) is 0 Å². The van der Waals surface area contributed by atoms with E-state index in [-0.39, 0.29) is 16.5 Å². The zero-order chi connectivity index (χ0) is 18.0. The SMILES string of the molecule is CC(C)Oc1cccc([C@H](C)NS(=O)(=O)c2cccc3nonc23)c1. The van der Waals surface area contributed by atoms with Crippen molar-refractivity contribution in [2.45, 2.75) is 37.8 Å². The molecule has 0 aliphatic heterocycles. The summed E-state index contributed by atoms with van der Waals surface area (Å²) in [6, 6.07) is 11.6. The lowest BCUT2D eigenvalue weighted by Crippen LogP contribution is -2.27. The molecular formula is C17H19N3O4S. The Balaban J connectivity index is 1.87. The molecule has 0 radical (unpaired) electrons. The minimum absolute atomic E-state index is 0.0349. The number of sulfonamides is 1. The van der Waals surface area contributed by atoms with Gasteiger partial charge >= 0.3 is 0 Å². The lowest BCUT2D eigenvalue weighted by Gasteiger charge is -2.16. The molecule has 1 aromatic heterocycles. The van der Waals surface area contributed by atoms with Crippen LogP contribution >= 0.6 is 0 Å². The highest BCUT2D eigenvalue weighted by molar-refractivity contribution is 7.89. The molecule has 0 saturated carbocycles. The average Bonchev–Trinajstić information content (AvgIpc) is 3.02. The Morgan fingerprint density at radius 1 is 1.08 bits per heavy atom. The molecule has 0 aliphatic rings. The second-order valence-electron chi connectivity index (χ2n) is 5.97. The van der Waals surface area contributed by atoms with E-state index in [1.165, 1.54) is 6.07 Å². The second-order valence-corrected chi connectivity index (χ2v) is 7.65. The number of nitrogens with one attached hydrogen (secondary N) is 1. The molecular weight excluding hydrogens is 342 g/mol. The summed E-state index contributed by atoms with van der Waals surface area (Å²) in [6.07, 6.45) is 0.0412. The highest BCUT2D eigenvalue weighted by Crippen LogP contribution is 2.24. The van der Waals surface area contributed by atoms with Gasteiger partial charge in [0.15, 0.2) is 5.52 Å². The van der Waals surface area contributed by atoms with Crippen LogP contribution in [0.4, 0.5) is 0 Å². The Bertz CT molecular complexity index is 982. The number of hydrogen-bond donors (Lipinski definition) is 1. The summed E-state index contributed by atoms with van der Waals surface area (Å²) >= 11 is 0. The van der Waals surface area contributed by atoms with E-state index in [2.05, 4.69) is 19.7 Å². The van der Waals surface area contributed by atoms with Gasteiger partial charge in [-0.2, -0.15) is 0 Å².